The fourth-order valence-electron chi connectivity index (χ4n) is 3.63. The quantitative estimate of drug-likeness (QED) is 0.262. The number of benzene rings is 1. The molecule has 3 aromatic heterocycles. The van der Waals surface area contributed by atoms with Gasteiger partial charge in [-0.1, -0.05) is 12.1 Å². The van der Waals surface area contributed by atoms with Gasteiger partial charge in [-0.25, -0.2) is 14.8 Å². The number of rotatable bonds is 9. The van der Waals surface area contributed by atoms with E-state index in [1.165, 1.54) is 11.3 Å². The normalized spacial score (nSPS) is 12.2. The van der Waals surface area contributed by atoms with Gasteiger partial charge in [0.2, 0.25) is 5.95 Å². The van der Waals surface area contributed by atoms with Gasteiger partial charge in [0.1, 0.15) is 5.60 Å². The molecule has 10 heteroatoms. The summed E-state index contributed by atoms with van der Waals surface area (Å²) < 4.78 is 17.0. The summed E-state index contributed by atoms with van der Waals surface area (Å²) in [6.07, 6.45) is 1.74. The lowest BCUT2D eigenvalue weighted by Crippen LogP contribution is -2.25. The molecular weight excluding hydrogens is 490 g/mol. The lowest BCUT2D eigenvalue weighted by molar-refractivity contribution is 0.00655. The number of hydrogen-bond acceptors (Lipinski definition) is 10. The van der Waals surface area contributed by atoms with Crippen LogP contribution in [0.5, 0.6) is 11.5 Å². The van der Waals surface area contributed by atoms with Crippen LogP contribution in [0.4, 0.5) is 10.9 Å². The lowest BCUT2D eigenvalue weighted by atomic mass is 10.2. The predicted molar refractivity (Wildman–Crippen MR) is 146 cm³/mol. The summed E-state index contributed by atoms with van der Waals surface area (Å²) in [4.78, 5) is 26.7. The third-order valence-corrected chi connectivity index (χ3v) is 6.44. The Morgan fingerprint density at radius 2 is 1.84 bits per heavy atom. The van der Waals surface area contributed by atoms with Crippen LogP contribution in [0.15, 0.2) is 48.7 Å². The molecule has 3 heterocycles. The monoisotopic (exact) mass is 521 g/mol. The van der Waals surface area contributed by atoms with Crippen LogP contribution in [0.2, 0.25) is 0 Å². The van der Waals surface area contributed by atoms with Gasteiger partial charge in [0.05, 0.1) is 41.2 Å². The molecule has 1 atom stereocenters. The van der Waals surface area contributed by atoms with Crippen molar-refractivity contribution in [3.8, 4) is 11.5 Å². The number of carbonyl (C=O) groups excluding carboxylic acids is 1. The van der Waals surface area contributed by atoms with E-state index in [1.807, 2.05) is 70.2 Å². The third-order valence-electron chi connectivity index (χ3n) is 5.36. The molecule has 0 aliphatic carbocycles. The minimum absolute atomic E-state index is 0.161. The Morgan fingerprint density at radius 1 is 1.05 bits per heavy atom. The maximum absolute atomic E-state index is 13.1. The highest BCUT2D eigenvalue weighted by molar-refractivity contribution is 7.23. The number of pyridine rings is 1. The molecule has 0 aliphatic heterocycles. The van der Waals surface area contributed by atoms with E-state index in [2.05, 4.69) is 25.6 Å². The van der Waals surface area contributed by atoms with E-state index in [0.29, 0.717) is 34.2 Å². The molecule has 37 heavy (non-hydrogen) atoms. The number of hydrogen-bond donors (Lipinski definition) is 2. The second kappa shape index (κ2) is 11.0. The molecule has 0 spiro atoms. The maximum atomic E-state index is 13.1. The smallest absolute Gasteiger partial charge is 0.359 e. The van der Waals surface area contributed by atoms with Gasteiger partial charge in [0.15, 0.2) is 17.2 Å². The zero-order chi connectivity index (χ0) is 26.6. The molecule has 0 saturated carbocycles. The van der Waals surface area contributed by atoms with Crippen LogP contribution in [0.3, 0.4) is 0 Å². The van der Waals surface area contributed by atoms with E-state index in [-0.39, 0.29) is 11.7 Å². The first-order valence-electron chi connectivity index (χ1n) is 11.8. The van der Waals surface area contributed by atoms with Crippen molar-refractivity contribution in [2.24, 2.45) is 0 Å². The van der Waals surface area contributed by atoms with Crippen LogP contribution in [-0.4, -0.2) is 40.7 Å². The number of aromatic nitrogens is 3. The lowest BCUT2D eigenvalue weighted by Gasteiger charge is -2.19. The number of ether oxygens (including phenoxy) is 3. The highest BCUT2D eigenvalue weighted by Gasteiger charge is 2.24. The van der Waals surface area contributed by atoms with Gasteiger partial charge in [-0.15, -0.1) is 11.3 Å². The standard InChI is InChI=1S/C27H31N5O4S/c1-16(18-9-7-8-12-28-18)30-26-31-19-14-22(29-15-17-10-11-20(34-5)21(13-17)35-6)37-24(19)23(32-26)25(33)36-27(2,3)4/h7-14,16,29H,15H2,1-6H3,(H,30,31,32). The first-order chi connectivity index (χ1) is 17.7. The van der Waals surface area contributed by atoms with Crippen LogP contribution in [0.1, 0.15) is 55.5 Å². The fourth-order valence-corrected chi connectivity index (χ4v) is 4.60. The van der Waals surface area contributed by atoms with Crippen molar-refractivity contribution in [3.63, 3.8) is 0 Å². The second-order valence-electron chi connectivity index (χ2n) is 9.39. The summed E-state index contributed by atoms with van der Waals surface area (Å²) in [7, 11) is 3.22. The maximum Gasteiger partial charge on any atom is 0.359 e. The molecule has 4 rings (SSSR count). The van der Waals surface area contributed by atoms with Crippen molar-refractivity contribution >= 4 is 38.5 Å². The van der Waals surface area contributed by atoms with Gasteiger partial charge >= 0.3 is 5.97 Å². The van der Waals surface area contributed by atoms with E-state index in [9.17, 15) is 4.79 Å². The fraction of sp³-hybridized carbons (Fsp3) is 0.333. The number of nitrogens with one attached hydrogen (secondary N) is 2. The summed E-state index contributed by atoms with van der Waals surface area (Å²) in [6.45, 7) is 8.00. The van der Waals surface area contributed by atoms with Crippen LogP contribution in [0, 0.1) is 0 Å². The van der Waals surface area contributed by atoms with Crippen LogP contribution in [-0.2, 0) is 11.3 Å². The van der Waals surface area contributed by atoms with E-state index in [1.54, 1.807) is 20.4 Å². The molecule has 0 amide bonds. The highest BCUT2D eigenvalue weighted by Crippen LogP contribution is 2.34. The molecule has 0 saturated heterocycles. The summed E-state index contributed by atoms with van der Waals surface area (Å²) in [5, 5.41) is 7.52. The van der Waals surface area contributed by atoms with E-state index in [4.69, 9.17) is 14.2 Å². The Morgan fingerprint density at radius 3 is 2.51 bits per heavy atom. The Balaban J connectivity index is 1.63. The molecule has 0 bridgehead atoms. The number of nitrogens with zero attached hydrogens (tertiary/aromatic N) is 3. The first kappa shape index (κ1) is 26.2. The number of fused-ring (bicyclic) bond motifs is 1. The van der Waals surface area contributed by atoms with E-state index in [0.717, 1.165) is 16.3 Å². The Bertz CT molecular complexity index is 1390. The molecule has 1 unspecified atom stereocenters. The van der Waals surface area contributed by atoms with Gasteiger partial charge in [-0.3, -0.25) is 4.98 Å². The molecule has 0 aliphatic rings. The first-order valence-corrected chi connectivity index (χ1v) is 12.7. The average Bonchev–Trinajstić information content (AvgIpc) is 3.29. The Labute approximate surface area is 220 Å². The molecule has 9 nitrogen and oxygen atoms in total. The summed E-state index contributed by atoms with van der Waals surface area (Å²) in [5.74, 6) is 1.16. The minimum atomic E-state index is -0.658. The number of anilines is 2. The molecule has 0 radical (unpaired) electrons. The number of thiophene rings is 1. The number of esters is 1. The highest BCUT2D eigenvalue weighted by atomic mass is 32.1. The molecular formula is C27H31N5O4S. The Kier molecular flexibility index (Phi) is 7.77. The number of carbonyl (C=O) groups is 1. The third kappa shape index (κ3) is 6.45. The molecule has 194 valence electrons. The largest absolute Gasteiger partial charge is 0.493 e. The topological polar surface area (TPSA) is 107 Å². The second-order valence-corrected chi connectivity index (χ2v) is 10.4. The SMILES string of the molecule is COc1ccc(CNc2cc3nc(NC(C)c4ccccn4)nc(C(=O)OC(C)(C)C)c3s2)cc1OC. The summed E-state index contributed by atoms with van der Waals surface area (Å²) >= 11 is 1.41. The van der Waals surface area contributed by atoms with E-state index < -0.39 is 11.6 Å². The van der Waals surface area contributed by atoms with Gasteiger partial charge in [0.25, 0.3) is 0 Å². The van der Waals surface area contributed by atoms with Crippen LogP contribution in [0.25, 0.3) is 10.2 Å². The zero-order valence-corrected chi connectivity index (χ0v) is 22.6. The predicted octanol–water partition coefficient (Wildman–Crippen LogP) is 5.84. The van der Waals surface area contributed by atoms with Crippen molar-refractivity contribution < 1.29 is 19.0 Å². The van der Waals surface area contributed by atoms with Crippen molar-refractivity contribution in [3.05, 3.63) is 65.6 Å². The van der Waals surface area contributed by atoms with Gasteiger partial charge < -0.3 is 24.8 Å². The van der Waals surface area contributed by atoms with E-state index >= 15 is 0 Å². The summed E-state index contributed by atoms with van der Waals surface area (Å²) in [5.41, 5.74) is 2.06. The summed E-state index contributed by atoms with van der Waals surface area (Å²) in [6, 6.07) is 13.2. The van der Waals surface area contributed by atoms with Crippen molar-refractivity contribution in [2.45, 2.75) is 45.9 Å². The van der Waals surface area contributed by atoms with Crippen LogP contribution >= 0.6 is 11.3 Å². The van der Waals surface area contributed by atoms with Gasteiger partial charge in [0, 0.05) is 12.7 Å². The zero-order valence-electron chi connectivity index (χ0n) is 21.8. The van der Waals surface area contributed by atoms with Crippen molar-refractivity contribution in [1.82, 2.24) is 15.0 Å². The molecule has 1 aromatic carbocycles. The average molecular weight is 522 g/mol. The molecule has 2 N–H and O–H groups in total. The minimum Gasteiger partial charge on any atom is -0.493 e. The van der Waals surface area contributed by atoms with Gasteiger partial charge in [-0.2, -0.15) is 0 Å². The molecule has 4 aromatic rings. The Hall–Kier alpha value is -3.92. The van der Waals surface area contributed by atoms with Crippen molar-refractivity contribution in [2.75, 3.05) is 24.9 Å². The number of methoxy groups -OCH3 is 2. The molecule has 0 fully saturated rings. The van der Waals surface area contributed by atoms with Crippen molar-refractivity contribution in [1.29, 1.82) is 0 Å². The van der Waals surface area contributed by atoms with Gasteiger partial charge in [-0.05, 0) is 63.6 Å². The van der Waals surface area contributed by atoms with Crippen LogP contribution < -0.4 is 20.1 Å².